The molecule has 0 unspecified atom stereocenters. The van der Waals surface area contributed by atoms with E-state index in [-0.39, 0.29) is 10.6 Å². The van der Waals surface area contributed by atoms with Gasteiger partial charge in [0.05, 0.1) is 10.6 Å². The summed E-state index contributed by atoms with van der Waals surface area (Å²) in [7, 11) is 0. The zero-order valence-electron chi connectivity index (χ0n) is 11.3. The van der Waals surface area contributed by atoms with Gasteiger partial charge in [0.2, 0.25) is 0 Å². The Morgan fingerprint density at radius 2 is 2.10 bits per heavy atom. The summed E-state index contributed by atoms with van der Waals surface area (Å²) in [5.74, 6) is 0.579. The van der Waals surface area contributed by atoms with Crippen LogP contribution in [0.3, 0.4) is 0 Å². The Bertz CT molecular complexity index is 691. The average Bonchev–Trinajstić information content (AvgIpc) is 2.76. The molecule has 1 heterocycles. The first-order valence-corrected chi connectivity index (χ1v) is 6.69. The summed E-state index contributed by atoms with van der Waals surface area (Å²) in [6.45, 7) is 1.74. The third-order valence-electron chi connectivity index (χ3n) is 3.83. The lowest BCUT2D eigenvalue weighted by atomic mass is 9.97. The highest BCUT2D eigenvalue weighted by Gasteiger charge is 2.21. The Balaban J connectivity index is 2.10. The molecule has 6 nitrogen and oxygen atoms in total. The van der Waals surface area contributed by atoms with E-state index in [2.05, 4.69) is 5.10 Å². The molecule has 0 atom stereocenters. The van der Waals surface area contributed by atoms with Gasteiger partial charge >= 0.3 is 0 Å². The smallest absolute Gasteiger partial charge is 0.272 e. The van der Waals surface area contributed by atoms with E-state index >= 15 is 0 Å². The Kier molecular flexibility index (Phi) is 2.93. The first kappa shape index (κ1) is 12.7. The molecule has 0 spiro atoms. The highest BCUT2D eigenvalue weighted by molar-refractivity contribution is 5.52. The molecule has 0 fully saturated rings. The molecule has 3 rings (SSSR count). The van der Waals surface area contributed by atoms with Crippen molar-refractivity contribution in [1.82, 2.24) is 9.78 Å². The molecule has 20 heavy (non-hydrogen) atoms. The number of aryl methyl sites for hydroxylation is 1. The van der Waals surface area contributed by atoms with Crippen molar-refractivity contribution in [3.63, 3.8) is 0 Å². The zero-order valence-corrected chi connectivity index (χ0v) is 11.3. The SMILES string of the molecule is Cc1cc(-n2nc(N)c3c2CCCC3)ccc1[N+](=O)[O-]. The first-order valence-electron chi connectivity index (χ1n) is 6.69. The van der Waals surface area contributed by atoms with E-state index in [1.165, 1.54) is 6.07 Å². The number of nitrogens with zero attached hydrogens (tertiary/aromatic N) is 3. The molecule has 0 saturated heterocycles. The summed E-state index contributed by atoms with van der Waals surface area (Å²) in [4.78, 5) is 10.5. The molecule has 2 aromatic rings. The predicted octanol–water partition coefficient (Wildman–Crippen LogP) is 2.55. The van der Waals surface area contributed by atoms with E-state index in [9.17, 15) is 10.1 Å². The molecule has 0 saturated carbocycles. The van der Waals surface area contributed by atoms with Crippen molar-refractivity contribution in [3.8, 4) is 5.69 Å². The maximum Gasteiger partial charge on any atom is 0.272 e. The number of nitrogens with two attached hydrogens (primary N) is 1. The van der Waals surface area contributed by atoms with Crippen molar-refractivity contribution in [1.29, 1.82) is 0 Å². The lowest BCUT2D eigenvalue weighted by molar-refractivity contribution is -0.385. The fraction of sp³-hybridized carbons (Fsp3) is 0.357. The Morgan fingerprint density at radius 1 is 1.35 bits per heavy atom. The van der Waals surface area contributed by atoms with Gasteiger partial charge in [-0.15, -0.1) is 0 Å². The minimum atomic E-state index is -0.369. The minimum absolute atomic E-state index is 0.128. The molecule has 2 N–H and O–H groups in total. The fourth-order valence-electron chi connectivity index (χ4n) is 2.82. The molecule has 104 valence electrons. The number of hydrogen-bond donors (Lipinski definition) is 1. The van der Waals surface area contributed by atoms with E-state index < -0.39 is 0 Å². The van der Waals surface area contributed by atoms with Gasteiger partial charge in [0.1, 0.15) is 5.82 Å². The van der Waals surface area contributed by atoms with Crippen LogP contribution >= 0.6 is 0 Å². The normalized spacial score (nSPS) is 14.1. The van der Waals surface area contributed by atoms with Gasteiger partial charge in [-0.3, -0.25) is 10.1 Å². The van der Waals surface area contributed by atoms with Crippen molar-refractivity contribution in [3.05, 3.63) is 45.1 Å². The fourth-order valence-corrected chi connectivity index (χ4v) is 2.82. The largest absolute Gasteiger partial charge is 0.382 e. The third kappa shape index (κ3) is 1.93. The van der Waals surface area contributed by atoms with Crippen LogP contribution in [0.1, 0.15) is 29.7 Å². The molecule has 0 radical (unpaired) electrons. The number of aromatic nitrogens is 2. The molecule has 0 bridgehead atoms. The second-order valence-electron chi connectivity index (χ2n) is 5.16. The summed E-state index contributed by atoms with van der Waals surface area (Å²) < 4.78 is 1.83. The van der Waals surface area contributed by atoms with Crippen LogP contribution in [-0.2, 0) is 12.8 Å². The standard InChI is InChI=1S/C14H16N4O2/c1-9-8-10(6-7-12(9)18(19)20)17-13-5-3-2-4-11(13)14(15)16-17/h6-8H,2-5H2,1H3,(H2,15,16). The van der Waals surface area contributed by atoms with Crippen molar-refractivity contribution in [2.75, 3.05) is 5.73 Å². The van der Waals surface area contributed by atoms with Crippen LogP contribution in [0, 0.1) is 17.0 Å². The van der Waals surface area contributed by atoms with Crippen LogP contribution in [0.15, 0.2) is 18.2 Å². The number of hydrogen-bond acceptors (Lipinski definition) is 4. The summed E-state index contributed by atoms with van der Waals surface area (Å²) in [6, 6.07) is 5.05. The van der Waals surface area contributed by atoms with Crippen LogP contribution < -0.4 is 5.73 Å². The highest BCUT2D eigenvalue weighted by atomic mass is 16.6. The van der Waals surface area contributed by atoms with Crippen molar-refractivity contribution < 1.29 is 4.92 Å². The second kappa shape index (κ2) is 4.63. The summed E-state index contributed by atoms with van der Waals surface area (Å²) in [5, 5.41) is 15.3. The van der Waals surface area contributed by atoms with Gasteiger partial charge in [0, 0.05) is 22.9 Å². The van der Waals surface area contributed by atoms with E-state index in [1.807, 2.05) is 4.68 Å². The van der Waals surface area contributed by atoms with Gasteiger partial charge in [-0.05, 0) is 44.7 Å². The van der Waals surface area contributed by atoms with Gasteiger partial charge in [0.15, 0.2) is 0 Å². The molecular formula is C14H16N4O2. The van der Waals surface area contributed by atoms with Crippen LogP contribution in [0.4, 0.5) is 11.5 Å². The van der Waals surface area contributed by atoms with Gasteiger partial charge in [-0.25, -0.2) is 4.68 Å². The van der Waals surface area contributed by atoms with E-state index in [0.29, 0.717) is 11.4 Å². The van der Waals surface area contributed by atoms with Gasteiger partial charge < -0.3 is 5.73 Å². The number of nitro groups is 1. The molecule has 0 amide bonds. The topological polar surface area (TPSA) is 87.0 Å². The Morgan fingerprint density at radius 3 is 2.80 bits per heavy atom. The second-order valence-corrected chi connectivity index (χ2v) is 5.16. The minimum Gasteiger partial charge on any atom is -0.382 e. The van der Waals surface area contributed by atoms with E-state index in [0.717, 1.165) is 42.6 Å². The average molecular weight is 272 g/mol. The lowest BCUT2D eigenvalue weighted by Crippen LogP contribution is -2.08. The molecular weight excluding hydrogens is 256 g/mol. The van der Waals surface area contributed by atoms with Gasteiger partial charge in [-0.2, -0.15) is 5.10 Å². The molecule has 6 heteroatoms. The number of rotatable bonds is 2. The summed E-state index contributed by atoms with van der Waals surface area (Å²) in [6.07, 6.45) is 4.19. The summed E-state index contributed by atoms with van der Waals surface area (Å²) >= 11 is 0. The molecule has 0 aliphatic heterocycles. The van der Waals surface area contributed by atoms with Gasteiger partial charge in [-0.1, -0.05) is 0 Å². The number of anilines is 1. The van der Waals surface area contributed by atoms with Crippen LogP contribution in [-0.4, -0.2) is 14.7 Å². The molecule has 1 aliphatic rings. The summed E-state index contributed by atoms with van der Waals surface area (Å²) in [5.41, 5.74) is 9.84. The maximum atomic E-state index is 10.9. The van der Waals surface area contributed by atoms with Gasteiger partial charge in [0.25, 0.3) is 5.69 Å². The number of fused-ring (bicyclic) bond motifs is 1. The first-order chi connectivity index (χ1) is 9.58. The van der Waals surface area contributed by atoms with Crippen molar-refractivity contribution in [2.24, 2.45) is 0 Å². The monoisotopic (exact) mass is 272 g/mol. The Hall–Kier alpha value is -2.37. The van der Waals surface area contributed by atoms with E-state index in [4.69, 9.17) is 5.73 Å². The number of nitro benzene ring substituents is 1. The maximum absolute atomic E-state index is 10.9. The zero-order chi connectivity index (χ0) is 14.3. The molecule has 1 aromatic heterocycles. The molecule has 1 aromatic carbocycles. The van der Waals surface area contributed by atoms with Crippen LogP contribution in [0.5, 0.6) is 0 Å². The predicted molar refractivity (Wildman–Crippen MR) is 76.0 cm³/mol. The van der Waals surface area contributed by atoms with E-state index in [1.54, 1.807) is 19.1 Å². The van der Waals surface area contributed by atoms with Crippen molar-refractivity contribution >= 4 is 11.5 Å². The lowest BCUT2D eigenvalue weighted by Gasteiger charge is -2.14. The van der Waals surface area contributed by atoms with Crippen molar-refractivity contribution in [2.45, 2.75) is 32.6 Å². The van der Waals surface area contributed by atoms with Crippen LogP contribution in [0.2, 0.25) is 0 Å². The Labute approximate surface area is 116 Å². The number of benzene rings is 1. The third-order valence-corrected chi connectivity index (χ3v) is 3.83. The highest BCUT2D eigenvalue weighted by Crippen LogP contribution is 2.29. The molecule has 1 aliphatic carbocycles. The van der Waals surface area contributed by atoms with Crippen LogP contribution in [0.25, 0.3) is 5.69 Å². The quantitative estimate of drug-likeness (QED) is 0.672. The number of nitrogen functional groups attached to an aromatic ring is 1.